The highest BCUT2D eigenvalue weighted by atomic mass is 16.6. The molecular formula is C33H55NO9. The first-order valence-corrected chi connectivity index (χ1v) is 15.2. The van der Waals surface area contributed by atoms with Gasteiger partial charge in [0, 0.05) is 36.0 Å². The van der Waals surface area contributed by atoms with Gasteiger partial charge in [0.05, 0.1) is 36.9 Å². The molecule has 1 aliphatic rings. The van der Waals surface area contributed by atoms with Crippen molar-refractivity contribution in [2.45, 2.75) is 97.9 Å². The Kier molecular flexibility index (Phi) is 16.4. The molecule has 0 aliphatic carbocycles. The molecular weight excluding hydrogens is 554 g/mol. The lowest BCUT2D eigenvalue weighted by atomic mass is 9.81. The summed E-state index contributed by atoms with van der Waals surface area (Å²) in [7, 11) is 0. The number of cyclic esters (lactones) is 1. The Hall–Kier alpha value is -2.50. The van der Waals surface area contributed by atoms with Gasteiger partial charge < -0.3 is 40.7 Å². The van der Waals surface area contributed by atoms with Gasteiger partial charge in [-0.25, -0.2) is 4.79 Å². The molecule has 1 aliphatic heterocycles. The number of aliphatic hydroxyl groups excluding tert-OH is 5. The molecule has 0 spiro atoms. The lowest BCUT2D eigenvalue weighted by Gasteiger charge is -2.36. The zero-order valence-electron chi connectivity index (χ0n) is 26.7. The number of amides is 1. The van der Waals surface area contributed by atoms with Crippen molar-refractivity contribution in [1.82, 2.24) is 0 Å². The molecule has 0 aromatic carbocycles. The number of esters is 1. The molecule has 0 bridgehead atoms. The van der Waals surface area contributed by atoms with Crippen molar-refractivity contribution in [1.29, 1.82) is 0 Å². The summed E-state index contributed by atoms with van der Waals surface area (Å²) >= 11 is 0. The number of primary amides is 1. The van der Waals surface area contributed by atoms with E-state index in [-0.39, 0.29) is 30.8 Å². The predicted octanol–water partition coefficient (Wildman–Crippen LogP) is 3.27. The van der Waals surface area contributed by atoms with E-state index in [0.717, 1.165) is 5.57 Å². The summed E-state index contributed by atoms with van der Waals surface area (Å²) in [6, 6.07) is 0. The largest absolute Gasteiger partial charge is 0.462 e. The van der Waals surface area contributed by atoms with Crippen LogP contribution in [-0.2, 0) is 14.3 Å². The van der Waals surface area contributed by atoms with Gasteiger partial charge in [-0.05, 0) is 26.2 Å². The maximum Gasteiger partial charge on any atom is 0.404 e. The Morgan fingerprint density at radius 1 is 1.07 bits per heavy atom. The van der Waals surface area contributed by atoms with Crippen molar-refractivity contribution in [3.8, 4) is 0 Å². The number of carbonyl (C=O) groups excluding carboxylic acids is 2. The molecule has 246 valence electrons. The van der Waals surface area contributed by atoms with E-state index in [0.29, 0.717) is 6.42 Å². The first kappa shape index (κ1) is 38.5. The maximum absolute atomic E-state index is 12.0. The minimum Gasteiger partial charge on any atom is -0.462 e. The van der Waals surface area contributed by atoms with E-state index in [4.69, 9.17) is 15.2 Å². The fourth-order valence-corrected chi connectivity index (χ4v) is 5.79. The minimum absolute atomic E-state index is 0.117. The van der Waals surface area contributed by atoms with Crippen LogP contribution >= 0.6 is 0 Å². The standard InChI is InChI=1S/C33H55NO9/c1-9-10-11-20(4)31(43-33(34)41)23(7)28(37)21(5)14-18(2)15-25(17-35)29(38)19(3)12-13-26(36)16-27-22(6)30(39)24(8)32(40)42-27/h9-13,15,19-31,35-39H,1,14,16-17H2,2-8H3,(H2,34,41)/b11-10-,13-12-,18-15-/t19-,20-,21-,22-,23-,24+,25+,26+,27-,28+,29-,30-,31-/m0/s1. The fourth-order valence-electron chi connectivity index (χ4n) is 5.79. The molecule has 0 saturated carbocycles. The molecule has 10 nitrogen and oxygen atoms in total. The lowest BCUT2D eigenvalue weighted by molar-refractivity contribution is -0.179. The molecule has 0 radical (unpaired) electrons. The number of carbonyl (C=O) groups is 2. The summed E-state index contributed by atoms with van der Waals surface area (Å²) in [5.74, 6) is -3.32. The highest BCUT2D eigenvalue weighted by Gasteiger charge is 2.41. The maximum atomic E-state index is 12.0. The van der Waals surface area contributed by atoms with E-state index in [9.17, 15) is 35.1 Å². The average Bonchev–Trinajstić information content (AvgIpc) is 2.96. The number of rotatable bonds is 17. The third kappa shape index (κ3) is 11.8. The fraction of sp³-hybridized carbons (Fsp3) is 0.697. The SMILES string of the molecule is C=C/C=C\[C@H](C)[C@H](OC(N)=O)[C@@H](C)[C@H](O)[C@@H](C)C/C(C)=C\[C@H](CO)[C@@H](O)[C@@H](C)/C=C\[C@@H](O)C[C@@H]1OC(=O)[C@H](C)[C@@H](O)[C@H]1C. The van der Waals surface area contributed by atoms with Crippen molar-refractivity contribution in [3.63, 3.8) is 0 Å². The van der Waals surface area contributed by atoms with Crippen LogP contribution in [0.2, 0.25) is 0 Å². The van der Waals surface area contributed by atoms with Gasteiger partial charge in [0.25, 0.3) is 0 Å². The second-order valence-corrected chi connectivity index (χ2v) is 12.4. The molecule has 1 saturated heterocycles. The van der Waals surface area contributed by atoms with E-state index in [1.54, 1.807) is 52.0 Å². The molecule has 1 rings (SSSR count). The van der Waals surface area contributed by atoms with Crippen LogP contribution in [0.1, 0.15) is 61.3 Å². The van der Waals surface area contributed by atoms with Crippen molar-refractivity contribution in [2.75, 3.05) is 6.61 Å². The van der Waals surface area contributed by atoms with E-state index in [2.05, 4.69) is 6.58 Å². The van der Waals surface area contributed by atoms with Gasteiger partial charge in [-0.3, -0.25) is 4.79 Å². The monoisotopic (exact) mass is 609 g/mol. The van der Waals surface area contributed by atoms with Crippen molar-refractivity contribution < 1.29 is 44.6 Å². The van der Waals surface area contributed by atoms with Gasteiger partial charge in [-0.2, -0.15) is 0 Å². The average molecular weight is 610 g/mol. The van der Waals surface area contributed by atoms with Gasteiger partial charge in [0.15, 0.2) is 0 Å². The van der Waals surface area contributed by atoms with Crippen LogP contribution in [0.5, 0.6) is 0 Å². The van der Waals surface area contributed by atoms with Gasteiger partial charge in [0.2, 0.25) is 0 Å². The second-order valence-electron chi connectivity index (χ2n) is 12.4. The first-order chi connectivity index (χ1) is 20.0. The number of hydrogen-bond donors (Lipinski definition) is 6. The molecule has 10 heteroatoms. The van der Waals surface area contributed by atoms with E-state index in [1.807, 2.05) is 26.8 Å². The van der Waals surface area contributed by atoms with E-state index >= 15 is 0 Å². The Bertz CT molecular complexity index is 979. The highest BCUT2D eigenvalue weighted by Crippen LogP contribution is 2.30. The van der Waals surface area contributed by atoms with Crippen LogP contribution in [0.3, 0.4) is 0 Å². The molecule has 1 heterocycles. The summed E-state index contributed by atoms with van der Waals surface area (Å²) in [6.45, 7) is 15.9. The number of aliphatic hydroxyl groups is 5. The van der Waals surface area contributed by atoms with Crippen LogP contribution in [0.15, 0.2) is 48.6 Å². The second kappa shape index (κ2) is 18.3. The van der Waals surface area contributed by atoms with Gasteiger partial charge in [-0.1, -0.05) is 83.2 Å². The summed E-state index contributed by atoms with van der Waals surface area (Å²) in [4.78, 5) is 23.5. The normalized spacial score (nSPS) is 27.9. The van der Waals surface area contributed by atoms with Crippen LogP contribution in [0.4, 0.5) is 4.79 Å². The van der Waals surface area contributed by atoms with Crippen molar-refractivity contribution in [3.05, 3.63) is 48.6 Å². The summed E-state index contributed by atoms with van der Waals surface area (Å²) in [6.07, 6.45) is 4.98. The number of ether oxygens (including phenoxy) is 2. The van der Waals surface area contributed by atoms with Gasteiger partial charge in [-0.15, -0.1) is 0 Å². The molecule has 1 amide bonds. The Morgan fingerprint density at radius 3 is 2.26 bits per heavy atom. The number of nitrogens with two attached hydrogens (primary N) is 1. The number of hydrogen-bond acceptors (Lipinski definition) is 9. The van der Waals surface area contributed by atoms with Crippen LogP contribution < -0.4 is 5.73 Å². The Balaban J connectivity index is 2.84. The summed E-state index contributed by atoms with van der Waals surface area (Å²) < 4.78 is 10.7. The molecule has 0 unspecified atom stereocenters. The first-order valence-electron chi connectivity index (χ1n) is 15.2. The summed E-state index contributed by atoms with van der Waals surface area (Å²) in [5, 5.41) is 52.9. The quantitative estimate of drug-likeness (QED) is 0.0820. The molecule has 43 heavy (non-hydrogen) atoms. The third-order valence-electron chi connectivity index (χ3n) is 8.68. The molecule has 7 N–H and O–H groups in total. The molecule has 0 aromatic heterocycles. The van der Waals surface area contributed by atoms with E-state index in [1.165, 1.54) is 6.08 Å². The molecule has 1 fully saturated rings. The summed E-state index contributed by atoms with van der Waals surface area (Å²) in [5.41, 5.74) is 6.15. The smallest absolute Gasteiger partial charge is 0.404 e. The Morgan fingerprint density at radius 2 is 1.70 bits per heavy atom. The number of allylic oxidation sites excluding steroid dienone is 3. The Labute approximate surface area is 257 Å². The van der Waals surface area contributed by atoms with Crippen molar-refractivity contribution in [2.24, 2.45) is 47.2 Å². The lowest BCUT2D eigenvalue weighted by Crippen LogP contribution is -2.47. The van der Waals surface area contributed by atoms with Gasteiger partial charge >= 0.3 is 12.1 Å². The zero-order chi connectivity index (χ0) is 33.0. The highest BCUT2D eigenvalue weighted by molar-refractivity contribution is 5.73. The topological polar surface area (TPSA) is 180 Å². The van der Waals surface area contributed by atoms with Crippen molar-refractivity contribution >= 4 is 12.1 Å². The van der Waals surface area contributed by atoms with E-state index < -0.39 is 72.4 Å². The van der Waals surface area contributed by atoms with Crippen LogP contribution in [0.25, 0.3) is 0 Å². The van der Waals surface area contributed by atoms with Gasteiger partial charge in [0.1, 0.15) is 12.2 Å². The minimum atomic E-state index is -0.956. The van der Waals surface area contributed by atoms with Crippen LogP contribution in [0, 0.1) is 41.4 Å². The zero-order valence-corrected chi connectivity index (χ0v) is 26.7. The third-order valence-corrected chi connectivity index (χ3v) is 8.68. The molecule has 13 atom stereocenters. The van der Waals surface area contributed by atoms with Crippen LogP contribution in [-0.4, -0.2) is 80.8 Å². The molecule has 0 aromatic rings. The predicted molar refractivity (Wildman–Crippen MR) is 165 cm³/mol.